The summed E-state index contributed by atoms with van der Waals surface area (Å²) in [6.07, 6.45) is 5.31. The van der Waals surface area contributed by atoms with Crippen molar-refractivity contribution in [1.82, 2.24) is 24.4 Å². The van der Waals surface area contributed by atoms with Gasteiger partial charge >= 0.3 is 0 Å². The quantitative estimate of drug-likeness (QED) is 0.735. The minimum Gasteiger partial charge on any atom is -0.339 e. The zero-order chi connectivity index (χ0) is 17.2. The molecule has 4 rings (SSSR count). The van der Waals surface area contributed by atoms with Crippen LogP contribution in [0.2, 0.25) is 0 Å². The van der Waals surface area contributed by atoms with Gasteiger partial charge in [0.05, 0.1) is 6.04 Å². The molecule has 1 unspecified atom stereocenters. The molecule has 2 aromatic rings. The van der Waals surface area contributed by atoms with Crippen molar-refractivity contribution in [3.05, 3.63) is 41.1 Å². The molecule has 1 fully saturated rings. The first-order valence-corrected chi connectivity index (χ1v) is 9.21. The Kier molecular flexibility index (Phi) is 4.39. The number of fused-ring (bicyclic) bond motifs is 1. The smallest absolute Gasteiger partial charge is 0.254 e. The molecule has 1 atom stereocenters. The summed E-state index contributed by atoms with van der Waals surface area (Å²) < 4.78 is 1.65. The summed E-state index contributed by atoms with van der Waals surface area (Å²) in [5, 5.41) is 0.705. The van der Waals surface area contributed by atoms with E-state index in [0.29, 0.717) is 43.7 Å². The van der Waals surface area contributed by atoms with Crippen LogP contribution in [0.25, 0.3) is 0 Å². The molecule has 0 aliphatic carbocycles. The first-order chi connectivity index (χ1) is 12.2. The van der Waals surface area contributed by atoms with Crippen molar-refractivity contribution >= 4 is 23.6 Å². The average molecular weight is 358 g/mol. The van der Waals surface area contributed by atoms with Gasteiger partial charge in [-0.15, -0.1) is 0 Å². The lowest BCUT2D eigenvalue weighted by Crippen LogP contribution is -2.49. The molecule has 1 saturated heterocycles. The van der Waals surface area contributed by atoms with Crippen molar-refractivity contribution in [3.63, 3.8) is 0 Å². The van der Waals surface area contributed by atoms with Gasteiger partial charge < -0.3 is 9.80 Å². The molecule has 25 heavy (non-hydrogen) atoms. The monoisotopic (exact) mass is 358 g/mol. The molecule has 0 radical (unpaired) electrons. The Labute approximate surface area is 148 Å². The molecule has 0 aromatic carbocycles. The van der Waals surface area contributed by atoms with E-state index in [-0.39, 0.29) is 17.5 Å². The molecule has 8 nitrogen and oxygen atoms in total. The molecular formula is C16H18N6O2S. The van der Waals surface area contributed by atoms with Gasteiger partial charge in [-0.3, -0.25) is 14.2 Å². The van der Waals surface area contributed by atoms with Gasteiger partial charge in [-0.1, -0.05) is 11.8 Å². The van der Waals surface area contributed by atoms with Crippen LogP contribution in [0, 0.1) is 0 Å². The number of hydrogen-bond donors (Lipinski definition) is 0. The molecule has 0 saturated carbocycles. The highest BCUT2D eigenvalue weighted by molar-refractivity contribution is 7.99. The number of amides is 1. The first kappa shape index (κ1) is 16.1. The van der Waals surface area contributed by atoms with E-state index >= 15 is 0 Å². The lowest BCUT2D eigenvalue weighted by atomic mass is 10.2. The number of carbonyl (C=O) groups excluding carboxylic acids is 1. The van der Waals surface area contributed by atoms with Crippen LogP contribution < -0.4 is 10.5 Å². The Bertz CT molecular complexity index is 819. The maximum absolute atomic E-state index is 12.6. The third-order valence-corrected chi connectivity index (χ3v) is 5.60. The summed E-state index contributed by atoms with van der Waals surface area (Å²) in [6, 6.07) is 3.13. The molecule has 4 heterocycles. The van der Waals surface area contributed by atoms with Crippen LogP contribution in [0.4, 0.5) is 5.95 Å². The van der Waals surface area contributed by atoms with E-state index in [2.05, 4.69) is 19.9 Å². The van der Waals surface area contributed by atoms with Crippen molar-refractivity contribution in [2.75, 3.05) is 36.8 Å². The maximum atomic E-state index is 12.6. The first-order valence-electron chi connectivity index (χ1n) is 8.22. The topological polar surface area (TPSA) is 84.2 Å². The maximum Gasteiger partial charge on any atom is 0.254 e. The van der Waals surface area contributed by atoms with Gasteiger partial charge in [-0.25, -0.2) is 15.0 Å². The van der Waals surface area contributed by atoms with Gasteiger partial charge in [0.1, 0.15) is 0 Å². The molecule has 2 aromatic heterocycles. The Morgan fingerprint density at radius 1 is 1.12 bits per heavy atom. The molecule has 2 aliphatic heterocycles. The zero-order valence-electron chi connectivity index (χ0n) is 13.6. The lowest BCUT2D eigenvalue weighted by molar-refractivity contribution is -0.132. The van der Waals surface area contributed by atoms with Crippen LogP contribution in [0.1, 0.15) is 12.5 Å². The van der Waals surface area contributed by atoms with Gasteiger partial charge in [0.15, 0.2) is 5.16 Å². The number of hydrogen-bond acceptors (Lipinski definition) is 7. The zero-order valence-corrected chi connectivity index (χ0v) is 14.4. The summed E-state index contributed by atoms with van der Waals surface area (Å²) in [4.78, 5) is 41.4. The number of piperazine rings is 1. The number of rotatable bonds is 3. The highest BCUT2D eigenvalue weighted by Crippen LogP contribution is 2.31. The van der Waals surface area contributed by atoms with E-state index in [0.717, 1.165) is 5.75 Å². The number of nitrogens with zero attached hydrogens (tertiary/aromatic N) is 6. The molecule has 0 bridgehead atoms. The molecule has 9 heteroatoms. The van der Waals surface area contributed by atoms with Gasteiger partial charge in [0.2, 0.25) is 11.9 Å². The third kappa shape index (κ3) is 3.23. The molecule has 130 valence electrons. The number of carbonyl (C=O) groups is 1. The van der Waals surface area contributed by atoms with Crippen LogP contribution in [-0.4, -0.2) is 62.3 Å². The van der Waals surface area contributed by atoms with E-state index in [9.17, 15) is 9.59 Å². The van der Waals surface area contributed by atoms with Crippen LogP contribution in [0.3, 0.4) is 0 Å². The van der Waals surface area contributed by atoms with Crippen molar-refractivity contribution in [2.45, 2.75) is 17.6 Å². The molecule has 1 amide bonds. The van der Waals surface area contributed by atoms with Gasteiger partial charge in [-0.05, 0) is 6.07 Å². The minimum atomic E-state index is -0.107. The Morgan fingerprint density at radius 3 is 2.64 bits per heavy atom. The van der Waals surface area contributed by atoms with Crippen LogP contribution in [-0.2, 0) is 4.79 Å². The standard InChI is InChI=1S/C16H18N6O2S/c23-13-2-5-19-16-22(13)12(11-25-16)10-14(24)20-6-8-21(9-7-20)15-17-3-1-4-18-15/h1-5,12H,6-11H2. The Morgan fingerprint density at radius 2 is 1.88 bits per heavy atom. The highest BCUT2D eigenvalue weighted by Gasteiger charge is 2.30. The minimum absolute atomic E-state index is 0.0844. The van der Waals surface area contributed by atoms with Gasteiger partial charge in [0.25, 0.3) is 5.56 Å². The number of anilines is 1. The summed E-state index contributed by atoms with van der Waals surface area (Å²) in [5.74, 6) is 1.51. The molecular weight excluding hydrogens is 340 g/mol. The summed E-state index contributed by atoms with van der Waals surface area (Å²) in [6.45, 7) is 2.72. The van der Waals surface area contributed by atoms with E-state index in [1.54, 1.807) is 23.0 Å². The van der Waals surface area contributed by atoms with Crippen LogP contribution in [0.5, 0.6) is 0 Å². The normalized spacial score (nSPS) is 19.8. The highest BCUT2D eigenvalue weighted by atomic mass is 32.2. The van der Waals surface area contributed by atoms with Gasteiger partial charge in [0, 0.05) is 63.0 Å². The molecule has 0 N–H and O–H groups in total. The Hall–Kier alpha value is -2.42. The molecule has 0 spiro atoms. The average Bonchev–Trinajstić information content (AvgIpc) is 3.07. The summed E-state index contributed by atoms with van der Waals surface area (Å²) in [5.41, 5.74) is -0.0844. The fourth-order valence-corrected chi connectivity index (χ4v) is 4.30. The van der Waals surface area contributed by atoms with Gasteiger partial charge in [-0.2, -0.15) is 0 Å². The van der Waals surface area contributed by atoms with E-state index < -0.39 is 0 Å². The number of thioether (sulfide) groups is 1. The SMILES string of the molecule is O=C(CC1CSc2nccc(=O)n21)N1CCN(c2ncccn2)CC1. The number of aromatic nitrogens is 4. The van der Waals surface area contributed by atoms with E-state index in [1.807, 2.05) is 4.90 Å². The van der Waals surface area contributed by atoms with Crippen molar-refractivity contribution in [3.8, 4) is 0 Å². The fourth-order valence-electron chi connectivity index (χ4n) is 3.18. The summed E-state index contributed by atoms with van der Waals surface area (Å²) in [7, 11) is 0. The van der Waals surface area contributed by atoms with Crippen molar-refractivity contribution in [1.29, 1.82) is 0 Å². The van der Waals surface area contributed by atoms with E-state index in [4.69, 9.17) is 0 Å². The second-order valence-electron chi connectivity index (χ2n) is 6.02. The summed E-state index contributed by atoms with van der Waals surface area (Å²) >= 11 is 1.53. The predicted molar refractivity (Wildman–Crippen MR) is 93.7 cm³/mol. The van der Waals surface area contributed by atoms with Crippen molar-refractivity contribution < 1.29 is 4.79 Å². The third-order valence-electron chi connectivity index (χ3n) is 4.49. The van der Waals surface area contributed by atoms with E-state index in [1.165, 1.54) is 24.0 Å². The fraction of sp³-hybridized carbons (Fsp3) is 0.438. The van der Waals surface area contributed by atoms with Crippen molar-refractivity contribution in [2.24, 2.45) is 0 Å². The second-order valence-corrected chi connectivity index (χ2v) is 7.01. The second kappa shape index (κ2) is 6.83. The Balaban J connectivity index is 1.37. The van der Waals surface area contributed by atoms with Crippen LogP contribution in [0.15, 0.2) is 40.7 Å². The molecule has 2 aliphatic rings. The van der Waals surface area contributed by atoms with Crippen LogP contribution >= 0.6 is 11.8 Å². The lowest BCUT2D eigenvalue weighted by Gasteiger charge is -2.35. The largest absolute Gasteiger partial charge is 0.339 e. The predicted octanol–water partition coefficient (Wildman–Crippen LogP) is 0.419.